The van der Waals surface area contributed by atoms with E-state index in [0.29, 0.717) is 6.61 Å². The number of ether oxygens (including phenoxy) is 1. The van der Waals surface area contributed by atoms with E-state index in [2.05, 4.69) is 27.7 Å². The Morgan fingerprint density at radius 2 is 1.35 bits per heavy atom. The Kier molecular flexibility index (Phi) is 16.0. The summed E-state index contributed by atoms with van der Waals surface area (Å²) in [6.45, 7) is 9.49. The van der Waals surface area contributed by atoms with Crippen molar-refractivity contribution < 1.29 is 9.53 Å². The molecule has 0 N–H and O–H groups in total. The highest BCUT2D eigenvalue weighted by molar-refractivity contribution is 5.72. The van der Waals surface area contributed by atoms with Crippen molar-refractivity contribution >= 4 is 5.97 Å². The normalized spacial score (nSPS) is 12.6. The van der Waals surface area contributed by atoms with Gasteiger partial charge in [-0.05, 0) is 25.2 Å². The fourth-order valence-electron chi connectivity index (χ4n) is 2.95. The lowest BCUT2D eigenvalue weighted by molar-refractivity contribution is -0.149. The van der Waals surface area contributed by atoms with Crippen LogP contribution in [0, 0.1) is 11.8 Å². The Morgan fingerprint density at radius 1 is 0.783 bits per heavy atom. The maximum Gasteiger partial charge on any atom is 0.308 e. The third-order valence-electron chi connectivity index (χ3n) is 4.65. The van der Waals surface area contributed by atoms with Gasteiger partial charge in [-0.2, -0.15) is 0 Å². The number of rotatable bonds is 16. The Hall–Kier alpha value is -0.530. The van der Waals surface area contributed by atoms with Crippen LogP contribution in [0.1, 0.15) is 111 Å². The zero-order valence-electron chi connectivity index (χ0n) is 16.4. The predicted octanol–water partition coefficient (Wildman–Crippen LogP) is 6.91. The van der Waals surface area contributed by atoms with Gasteiger partial charge in [-0.3, -0.25) is 4.79 Å². The molecule has 0 bridgehead atoms. The first-order valence-corrected chi connectivity index (χ1v) is 10.3. The van der Waals surface area contributed by atoms with Crippen molar-refractivity contribution in [3.05, 3.63) is 0 Å². The van der Waals surface area contributed by atoms with E-state index in [9.17, 15) is 4.79 Å². The van der Waals surface area contributed by atoms with E-state index in [1.165, 1.54) is 51.4 Å². The summed E-state index contributed by atoms with van der Waals surface area (Å²) < 4.78 is 5.44. The van der Waals surface area contributed by atoms with E-state index >= 15 is 0 Å². The molecule has 0 aromatic heterocycles. The minimum Gasteiger partial charge on any atom is -0.465 e. The lowest BCUT2D eigenvalue weighted by atomic mass is 10.00. The number of esters is 1. The molecule has 2 nitrogen and oxygen atoms in total. The van der Waals surface area contributed by atoms with Gasteiger partial charge in [0.25, 0.3) is 0 Å². The Morgan fingerprint density at radius 3 is 1.87 bits per heavy atom. The van der Waals surface area contributed by atoms with Crippen LogP contribution in [-0.2, 0) is 9.53 Å². The molecule has 0 amide bonds. The van der Waals surface area contributed by atoms with Crippen molar-refractivity contribution in [1.82, 2.24) is 0 Å². The lowest BCUT2D eigenvalue weighted by Crippen LogP contribution is -2.17. The van der Waals surface area contributed by atoms with E-state index in [-0.39, 0.29) is 11.9 Å². The van der Waals surface area contributed by atoms with Crippen molar-refractivity contribution in [2.24, 2.45) is 11.8 Å². The van der Waals surface area contributed by atoms with Gasteiger partial charge >= 0.3 is 5.97 Å². The van der Waals surface area contributed by atoms with Crippen LogP contribution in [0.3, 0.4) is 0 Å². The van der Waals surface area contributed by atoms with Gasteiger partial charge in [0.15, 0.2) is 0 Å². The van der Waals surface area contributed by atoms with E-state index < -0.39 is 0 Å². The lowest BCUT2D eigenvalue weighted by Gasteiger charge is -2.13. The number of unbranched alkanes of at least 4 members (excludes halogenated alkanes) is 8. The van der Waals surface area contributed by atoms with E-state index in [0.717, 1.165) is 38.0 Å². The molecule has 0 heterocycles. The zero-order valence-corrected chi connectivity index (χ0v) is 16.4. The molecule has 0 saturated carbocycles. The molecule has 0 radical (unpaired) electrons. The van der Waals surface area contributed by atoms with E-state index in [1.807, 2.05) is 0 Å². The minimum atomic E-state index is 0.0334. The molecule has 1 unspecified atom stereocenters. The fraction of sp³-hybridized carbons (Fsp3) is 0.952. The number of hydrogen-bond acceptors (Lipinski definition) is 2. The molecule has 0 aromatic carbocycles. The Labute approximate surface area is 145 Å². The zero-order chi connectivity index (χ0) is 17.3. The van der Waals surface area contributed by atoms with Crippen molar-refractivity contribution in [3.8, 4) is 0 Å². The van der Waals surface area contributed by atoms with Crippen LogP contribution in [0.5, 0.6) is 0 Å². The van der Waals surface area contributed by atoms with Crippen LogP contribution in [0.15, 0.2) is 0 Å². The Bertz CT molecular complexity index is 261. The molecule has 0 spiro atoms. The van der Waals surface area contributed by atoms with Crippen LogP contribution in [-0.4, -0.2) is 12.6 Å². The molecule has 2 heteroatoms. The molecule has 0 fully saturated rings. The highest BCUT2D eigenvalue weighted by atomic mass is 16.5. The van der Waals surface area contributed by atoms with Gasteiger partial charge in [-0.1, -0.05) is 91.9 Å². The smallest absolute Gasteiger partial charge is 0.308 e. The van der Waals surface area contributed by atoms with Gasteiger partial charge in [0.05, 0.1) is 12.5 Å². The van der Waals surface area contributed by atoms with Crippen LogP contribution in [0.4, 0.5) is 0 Å². The van der Waals surface area contributed by atoms with Gasteiger partial charge in [-0.15, -0.1) is 0 Å². The van der Waals surface area contributed by atoms with Gasteiger partial charge in [0.1, 0.15) is 0 Å². The molecular weight excluding hydrogens is 284 g/mol. The van der Waals surface area contributed by atoms with Gasteiger partial charge in [0.2, 0.25) is 0 Å². The van der Waals surface area contributed by atoms with Crippen molar-refractivity contribution in [2.75, 3.05) is 6.61 Å². The Balaban J connectivity index is 3.36. The molecule has 1 atom stereocenters. The van der Waals surface area contributed by atoms with Crippen molar-refractivity contribution in [2.45, 2.75) is 111 Å². The molecule has 0 aliphatic carbocycles. The third kappa shape index (κ3) is 14.8. The quantitative estimate of drug-likeness (QED) is 0.227. The fourth-order valence-corrected chi connectivity index (χ4v) is 2.95. The first-order valence-electron chi connectivity index (χ1n) is 10.3. The second-order valence-corrected chi connectivity index (χ2v) is 7.43. The minimum absolute atomic E-state index is 0.0334. The maximum absolute atomic E-state index is 11.9. The summed E-state index contributed by atoms with van der Waals surface area (Å²) in [5, 5.41) is 0. The van der Waals surface area contributed by atoms with Crippen molar-refractivity contribution in [3.63, 3.8) is 0 Å². The van der Waals surface area contributed by atoms with Gasteiger partial charge < -0.3 is 4.74 Å². The summed E-state index contributed by atoms with van der Waals surface area (Å²) in [6, 6.07) is 0. The molecule has 23 heavy (non-hydrogen) atoms. The second kappa shape index (κ2) is 16.3. The maximum atomic E-state index is 11.9. The molecule has 0 rings (SSSR count). The molecule has 138 valence electrons. The highest BCUT2D eigenvalue weighted by Crippen LogP contribution is 2.15. The van der Waals surface area contributed by atoms with Gasteiger partial charge in [-0.25, -0.2) is 0 Å². The van der Waals surface area contributed by atoms with E-state index in [4.69, 9.17) is 4.74 Å². The first-order chi connectivity index (χ1) is 11.1. The second-order valence-electron chi connectivity index (χ2n) is 7.43. The largest absolute Gasteiger partial charge is 0.465 e. The molecule has 0 aromatic rings. The topological polar surface area (TPSA) is 26.3 Å². The number of carbonyl (C=O) groups is 1. The summed E-state index contributed by atoms with van der Waals surface area (Å²) in [5.41, 5.74) is 0. The third-order valence-corrected chi connectivity index (χ3v) is 4.65. The molecule has 0 aliphatic rings. The molecular formula is C21H42O2. The summed E-state index contributed by atoms with van der Waals surface area (Å²) in [4.78, 5) is 11.9. The van der Waals surface area contributed by atoms with Crippen LogP contribution < -0.4 is 0 Å². The standard InChI is InChI=1S/C21H42O2/c1-5-7-17-20(6-2)21(22)23-18-15-13-11-9-8-10-12-14-16-19(3)4/h19-20H,5-18H2,1-4H3. The summed E-state index contributed by atoms with van der Waals surface area (Å²) in [5.74, 6) is 1.01. The number of carbonyl (C=O) groups excluding carboxylic acids is 1. The van der Waals surface area contributed by atoms with Crippen molar-refractivity contribution in [1.29, 1.82) is 0 Å². The summed E-state index contributed by atoms with van der Waals surface area (Å²) >= 11 is 0. The summed E-state index contributed by atoms with van der Waals surface area (Å²) in [6.07, 6.45) is 16.0. The first kappa shape index (κ1) is 22.5. The SMILES string of the molecule is CCCCC(CC)C(=O)OCCCCCCCCCCC(C)C. The van der Waals surface area contributed by atoms with Crippen LogP contribution >= 0.6 is 0 Å². The monoisotopic (exact) mass is 326 g/mol. The predicted molar refractivity (Wildman–Crippen MR) is 101 cm³/mol. The molecule has 0 aliphatic heterocycles. The van der Waals surface area contributed by atoms with Crippen LogP contribution in [0.25, 0.3) is 0 Å². The highest BCUT2D eigenvalue weighted by Gasteiger charge is 2.16. The van der Waals surface area contributed by atoms with E-state index in [1.54, 1.807) is 0 Å². The average molecular weight is 327 g/mol. The average Bonchev–Trinajstić information content (AvgIpc) is 2.53. The van der Waals surface area contributed by atoms with Gasteiger partial charge in [0, 0.05) is 0 Å². The molecule has 0 saturated heterocycles. The number of hydrogen-bond donors (Lipinski definition) is 0. The summed E-state index contributed by atoms with van der Waals surface area (Å²) in [7, 11) is 0. The van der Waals surface area contributed by atoms with Crippen LogP contribution in [0.2, 0.25) is 0 Å².